The Balaban J connectivity index is 1.48. The zero-order valence-corrected chi connectivity index (χ0v) is 20.2. The van der Waals surface area contributed by atoms with E-state index in [1.807, 2.05) is 38.7 Å². The standard InChI is InChI=1S/C20H25IN7OP/c1-12(2)10-26-18-7-16(22-8-13(18)9-23-26)19-17(11-27(25-19)30-21)24-20(29)28(14-3-4-14)15-5-6-15/h7-9,11-12,14-15,30H,3-6,10H2,1-2H3,(H,24,29). The molecule has 0 aliphatic heterocycles. The third-order valence-electron chi connectivity index (χ3n) is 5.46. The molecule has 2 amide bonds. The molecular weight excluding hydrogens is 512 g/mol. The molecule has 8 nitrogen and oxygen atoms in total. The van der Waals surface area contributed by atoms with Gasteiger partial charge in [0.15, 0.2) is 0 Å². The van der Waals surface area contributed by atoms with E-state index < -0.39 is 0 Å². The van der Waals surface area contributed by atoms with Crippen LogP contribution < -0.4 is 5.32 Å². The zero-order chi connectivity index (χ0) is 20.8. The summed E-state index contributed by atoms with van der Waals surface area (Å²) in [6, 6.07) is 2.83. The summed E-state index contributed by atoms with van der Waals surface area (Å²) in [7, 11) is 0. The number of carbonyl (C=O) groups excluding carboxylic acids is 1. The highest BCUT2D eigenvalue weighted by Crippen LogP contribution is 2.38. The SMILES string of the molecule is CC(C)Cn1ncc2cnc(-c3nn(PI)cc3NC(=O)N(C3CC3)C3CC3)cc21. The van der Waals surface area contributed by atoms with E-state index in [0.717, 1.165) is 54.5 Å². The molecule has 158 valence electrons. The molecule has 3 aromatic rings. The van der Waals surface area contributed by atoms with Crippen LogP contribution in [0.15, 0.2) is 24.7 Å². The molecule has 1 unspecified atom stereocenters. The maximum absolute atomic E-state index is 13.0. The van der Waals surface area contributed by atoms with Crippen LogP contribution in [0.1, 0.15) is 39.5 Å². The lowest BCUT2D eigenvalue weighted by Gasteiger charge is -2.22. The van der Waals surface area contributed by atoms with Gasteiger partial charge in [-0.1, -0.05) is 13.8 Å². The lowest BCUT2D eigenvalue weighted by atomic mass is 10.2. The molecule has 30 heavy (non-hydrogen) atoms. The van der Waals surface area contributed by atoms with Crippen LogP contribution in [-0.2, 0) is 6.54 Å². The number of urea groups is 1. The number of hydrogen-bond acceptors (Lipinski definition) is 4. The first-order chi connectivity index (χ1) is 14.5. The summed E-state index contributed by atoms with van der Waals surface area (Å²) in [4.78, 5) is 19.7. The molecule has 5 rings (SSSR count). The Morgan fingerprint density at radius 3 is 2.67 bits per heavy atom. The van der Waals surface area contributed by atoms with Crippen molar-refractivity contribution in [1.82, 2.24) is 29.2 Å². The van der Waals surface area contributed by atoms with Gasteiger partial charge < -0.3 is 10.2 Å². The van der Waals surface area contributed by atoms with Crippen molar-refractivity contribution in [3.05, 3.63) is 24.7 Å². The average molecular weight is 537 g/mol. The van der Waals surface area contributed by atoms with Gasteiger partial charge in [-0.2, -0.15) is 10.2 Å². The molecule has 10 heteroatoms. The fraction of sp³-hybridized carbons (Fsp3) is 0.500. The fourth-order valence-electron chi connectivity index (χ4n) is 3.81. The molecule has 2 saturated carbocycles. The van der Waals surface area contributed by atoms with Crippen LogP contribution in [0.2, 0.25) is 0 Å². The van der Waals surface area contributed by atoms with Crippen LogP contribution in [0, 0.1) is 5.92 Å². The van der Waals surface area contributed by atoms with Crippen LogP contribution in [0.3, 0.4) is 0 Å². The minimum absolute atomic E-state index is 0.0106. The smallest absolute Gasteiger partial charge is 0.319 e. The fourth-order valence-corrected chi connectivity index (χ4v) is 4.86. The Kier molecular flexibility index (Phi) is 5.43. The monoisotopic (exact) mass is 537 g/mol. The van der Waals surface area contributed by atoms with Gasteiger partial charge in [0.1, 0.15) is 5.69 Å². The van der Waals surface area contributed by atoms with Crippen molar-refractivity contribution in [2.75, 3.05) is 5.32 Å². The third-order valence-corrected chi connectivity index (χ3v) is 7.35. The molecule has 1 N–H and O–H groups in total. The summed E-state index contributed by atoms with van der Waals surface area (Å²) in [5, 5.41) is 13.4. The number of amides is 2. The van der Waals surface area contributed by atoms with Crippen LogP contribution >= 0.6 is 28.4 Å². The second kappa shape index (κ2) is 8.07. The Hall–Kier alpha value is -1.74. The van der Waals surface area contributed by atoms with Crippen LogP contribution in [0.4, 0.5) is 10.5 Å². The number of rotatable bonds is 7. The molecule has 0 radical (unpaired) electrons. The highest BCUT2D eigenvalue weighted by Gasteiger charge is 2.42. The number of halogens is 1. The Morgan fingerprint density at radius 1 is 1.30 bits per heavy atom. The van der Waals surface area contributed by atoms with Gasteiger partial charge in [0.2, 0.25) is 0 Å². The first kappa shape index (κ1) is 20.2. The van der Waals surface area contributed by atoms with Crippen molar-refractivity contribution in [2.24, 2.45) is 5.92 Å². The lowest BCUT2D eigenvalue weighted by Crippen LogP contribution is -2.38. The van der Waals surface area contributed by atoms with Crippen molar-refractivity contribution >= 4 is 51.0 Å². The highest BCUT2D eigenvalue weighted by molar-refractivity contribution is 14.2. The normalized spacial score (nSPS) is 16.8. The second-order valence-electron chi connectivity index (χ2n) is 8.57. The predicted molar refractivity (Wildman–Crippen MR) is 128 cm³/mol. The molecule has 2 aliphatic carbocycles. The summed E-state index contributed by atoms with van der Waals surface area (Å²) in [5.74, 6) is 0.495. The maximum Gasteiger partial charge on any atom is 0.322 e. The first-order valence-electron chi connectivity index (χ1n) is 10.4. The van der Waals surface area contributed by atoms with Gasteiger partial charge >= 0.3 is 6.03 Å². The number of anilines is 1. The second-order valence-corrected chi connectivity index (χ2v) is 10.6. The maximum atomic E-state index is 13.0. The van der Waals surface area contributed by atoms with Gasteiger partial charge in [0, 0.05) is 30.2 Å². The Morgan fingerprint density at radius 2 is 2.03 bits per heavy atom. The highest BCUT2D eigenvalue weighted by atomic mass is 127. The number of aromatic nitrogens is 5. The number of pyridine rings is 1. The van der Waals surface area contributed by atoms with Gasteiger partial charge in [-0.05, 0) is 59.7 Å². The minimum atomic E-state index is -0.0106. The lowest BCUT2D eigenvalue weighted by molar-refractivity contribution is 0.206. The molecule has 0 bridgehead atoms. The number of hydrogen-bond donors (Lipinski definition) is 1. The van der Waals surface area contributed by atoms with Crippen molar-refractivity contribution in [2.45, 2.75) is 58.2 Å². The zero-order valence-electron chi connectivity index (χ0n) is 17.0. The number of fused-ring (bicyclic) bond motifs is 1. The average Bonchev–Trinajstić information content (AvgIpc) is 3.65. The van der Waals surface area contributed by atoms with E-state index in [0.29, 0.717) is 30.1 Å². The molecule has 3 aromatic heterocycles. The van der Waals surface area contributed by atoms with Crippen molar-refractivity contribution < 1.29 is 4.79 Å². The van der Waals surface area contributed by atoms with Gasteiger partial charge in [-0.15, -0.1) is 0 Å². The van der Waals surface area contributed by atoms with Crippen LogP contribution in [0.5, 0.6) is 0 Å². The summed E-state index contributed by atoms with van der Waals surface area (Å²) in [6.07, 6.45) is 10.5. The largest absolute Gasteiger partial charge is 0.322 e. The molecule has 0 aromatic carbocycles. The minimum Gasteiger partial charge on any atom is -0.319 e. The Bertz CT molecular complexity index is 1070. The number of nitrogens with zero attached hydrogens (tertiary/aromatic N) is 6. The summed E-state index contributed by atoms with van der Waals surface area (Å²) >= 11 is 2.29. The molecule has 0 spiro atoms. The first-order valence-corrected chi connectivity index (χ1v) is 14.5. The van der Waals surface area contributed by atoms with Gasteiger partial charge in [-0.3, -0.25) is 9.67 Å². The molecule has 1 atom stereocenters. The number of nitrogens with one attached hydrogen (secondary N) is 1. The van der Waals surface area contributed by atoms with Crippen molar-refractivity contribution in [1.29, 1.82) is 0 Å². The van der Waals surface area contributed by atoms with E-state index in [4.69, 9.17) is 5.10 Å². The summed E-state index contributed by atoms with van der Waals surface area (Å²) in [5.41, 5.74) is 3.21. The van der Waals surface area contributed by atoms with E-state index in [1.54, 1.807) is 0 Å². The molecule has 3 heterocycles. The summed E-state index contributed by atoms with van der Waals surface area (Å²) < 4.78 is 3.88. The molecular formula is C20H25IN7OP. The van der Waals surface area contributed by atoms with Crippen LogP contribution in [-0.4, -0.2) is 47.3 Å². The van der Waals surface area contributed by atoms with Crippen molar-refractivity contribution in [3.63, 3.8) is 0 Å². The topological polar surface area (TPSA) is 80.9 Å². The molecule has 0 saturated heterocycles. The third kappa shape index (κ3) is 4.06. The van der Waals surface area contributed by atoms with E-state index in [2.05, 4.69) is 51.3 Å². The van der Waals surface area contributed by atoms with Crippen molar-refractivity contribution in [3.8, 4) is 11.4 Å². The van der Waals surface area contributed by atoms with E-state index >= 15 is 0 Å². The Labute approximate surface area is 190 Å². The predicted octanol–water partition coefficient (Wildman–Crippen LogP) is 4.90. The van der Waals surface area contributed by atoms with Gasteiger partial charge in [-0.25, -0.2) is 9.25 Å². The summed E-state index contributed by atoms with van der Waals surface area (Å²) in [6.45, 7) is 5.20. The van der Waals surface area contributed by atoms with E-state index in [9.17, 15) is 4.79 Å². The molecule has 2 fully saturated rings. The quantitative estimate of drug-likeness (QED) is 0.344. The van der Waals surface area contributed by atoms with Gasteiger partial charge in [0.05, 0.1) is 35.7 Å². The number of carbonyl (C=O) groups is 1. The van der Waals surface area contributed by atoms with Crippen LogP contribution in [0.25, 0.3) is 22.3 Å². The molecule has 2 aliphatic rings. The van der Waals surface area contributed by atoms with E-state index in [-0.39, 0.29) is 6.03 Å². The van der Waals surface area contributed by atoms with Gasteiger partial charge in [0.25, 0.3) is 0 Å². The van der Waals surface area contributed by atoms with E-state index in [1.165, 1.54) is 0 Å².